The summed E-state index contributed by atoms with van der Waals surface area (Å²) in [5.41, 5.74) is 1.80. The molecule has 0 spiro atoms. The maximum Gasteiger partial charge on any atom is 0.243 e. The zero-order valence-corrected chi connectivity index (χ0v) is 14.5. The maximum absolute atomic E-state index is 12.8. The highest BCUT2D eigenvalue weighted by molar-refractivity contribution is 7.89. The highest BCUT2D eigenvalue weighted by Gasteiger charge is 2.61. The van der Waals surface area contributed by atoms with Crippen LogP contribution in [0.15, 0.2) is 40.8 Å². The highest BCUT2D eigenvalue weighted by atomic mass is 32.2. The van der Waals surface area contributed by atoms with E-state index in [0.717, 1.165) is 24.0 Å². The van der Waals surface area contributed by atoms with Crippen molar-refractivity contribution in [1.82, 2.24) is 4.31 Å². The molecule has 0 bridgehead atoms. The molecule has 0 aliphatic carbocycles. The van der Waals surface area contributed by atoms with Crippen LogP contribution in [0.4, 0.5) is 0 Å². The maximum atomic E-state index is 12.8. The second kappa shape index (κ2) is 6.14. The van der Waals surface area contributed by atoms with E-state index >= 15 is 0 Å². The molecule has 4 nitrogen and oxygen atoms in total. The van der Waals surface area contributed by atoms with Crippen LogP contribution in [0.1, 0.15) is 39.2 Å². The molecule has 1 saturated heterocycles. The van der Waals surface area contributed by atoms with E-state index in [1.165, 1.54) is 0 Å². The predicted octanol–water partition coefficient (Wildman–Crippen LogP) is 2.87. The predicted molar refractivity (Wildman–Crippen MR) is 88.1 cm³/mol. The second-order valence-corrected chi connectivity index (χ2v) is 8.37. The van der Waals surface area contributed by atoms with Crippen LogP contribution in [0.25, 0.3) is 0 Å². The largest absolute Gasteiger partial charge is 0.392 e. The number of benzene rings is 1. The highest BCUT2D eigenvalue weighted by Crippen LogP contribution is 2.48. The Kier molecular flexibility index (Phi) is 4.80. The Morgan fingerprint density at radius 1 is 1.32 bits per heavy atom. The SMILES string of the molecule is C/C(=C\CO)CC[C@@H]1N(S(=O)(=O)c2ccc(C)cc2)C1(C)C. The van der Waals surface area contributed by atoms with Gasteiger partial charge in [-0.25, -0.2) is 8.42 Å². The van der Waals surface area contributed by atoms with Crippen LogP contribution in [0.5, 0.6) is 0 Å². The Hall–Kier alpha value is -1.17. The number of aliphatic hydroxyl groups excluding tert-OH is 1. The molecule has 2 atom stereocenters. The van der Waals surface area contributed by atoms with E-state index < -0.39 is 10.0 Å². The lowest BCUT2D eigenvalue weighted by molar-refractivity contribution is 0.341. The number of aliphatic hydroxyl groups is 1. The molecule has 0 aromatic heterocycles. The Morgan fingerprint density at radius 3 is 2.45 bits per heavy atom. The molecule has 1 aromatic rings. The van der Waals surface area contributed by atoms with Crippen molar-refractivity contribution < 1.29 is 13.5 Å². The first-order valence-electron chi connectivity index (χ1n) is 7.59. The van der Waals surface area contributed by atoms with E-state index in [1.54, 1.807) is 22.5 Å². The molecular weight excluding hydrogens is 298 g/mol. The number of nitrogens with zero attached hydrogens (tertiary/aromatic N) is 1. The van der Waals surface area contributed by atoms with Gasteiger partial charge in [0.1, 0.15) is 0 Å². The van der Waals surface area contributed by atoms with Crippen molar-refractivity contribution >= 4 is 10.0 Å². The monoisotopic (exact) mass is 323 g/mol. The molecule has 1 aliphatic rings. The minimum absolute atomic E-state index is 0.0147. The smallest absolute Gasteiger partial charge is 0.243 e. The van der Waals surface area contributed by atoms with Crippen LogP contribution in [-0.2, 0) is 10.0 Å². The van der Waals surface area contributed by atoms with Gasteiger partial charge in [0.05, 0.1) is 11.5 Å². The normalized spacial score (nSPS) is 24.3. The minimum Gasteiger partial charge on any atom is -0.392 e. The van der Waals surface area contributed by atoms with Gasteiger partial charge in [-0.3, -0.25) is 0 Å². The van der Waals surface area contributed by atoms with Crippen LogP contribution >= 0.6 is 0 Å². The molecule has 1 aliphatic heterocycles. The first kappa shape index (κ1) is 17.2. The van der Waals surface area contributed by atoms with Crippen LogP contribution < -0.4 is 0 Å². The summed E-state index contributed by atoms with van der Waals surface area (Å²) in [4.78, 5) is 0.358. The van der Waals surface area contributed by atoms with Crippen molar-refractivity contribution in [3.63, 3.8) is 0 Å². The fourth-order valence-corrected chi connectivity index (χ4v) is 5.02. The Balaban J connectivity index is 2.14. The van der Waals surface area contributed by atoms with Gasteiger partial charge in [-0.15, -0.1) is 0 Å². The number of hydrogen-bond donors (Lipinski definition) is 1. The molecule has 122 valence electrons. The molecule has 1 heterocycles. The van der Waals surface area contributed by atoms with Gasteiger partial charge < -0.3 is 5.11 Å². The number of rotatable bonds is 6. The Labute approximate surface area is 133 Å². The summed E-state index contributed by atoms with van der Waals surface area (Å²) in [6.45, 7) is 7.87. The minimum atomic E-state index is -3.44. The first-order chi connectivity index (χ1) is 10.2. The van der Waals surface area contributed by atoms with E-state index in [-0.39, 0.29) is 18.2 Å². The Morgan fingerprint density at radius 2 is 1.91 bits per heavy atom. The molecule has 1 unspecified atom stereocenters. The average Bonchev–Trinajstić information content (AvgIpc) is 3.00. The van der Waals surface area contributed by atoms with Crippen molar-refractivity contribution in [2.45, 2.75) is 57.0 Å². The summed E-state index contributed by atoms with van der Waals surface area (Å²) < 4.78 is 27.2. The third-order valence-electron chi connectivity index (χ3n) is 4.43. The van der Waals surface area contributed by atoms with Gasteiger partial charge in [0, 0.05) is 11.6 Å². The lowest BCUT2D eigenvalue weighted by Gasteiger charge is -2.08. The van der Waals surface area contributed by atoms with Crippen LogP contribution in [0, 0.1) is 6.92 Å². The summed E-state index contributed by atoms with van der Waals surface area (Å²) in [6, 6.07) is 7.01. The lowest BCUT2D eigenvalue weighted by Crippen LogP contribution is -2.18. The summed E-state index contributed by atoms with van der Waals surface area (Å²) in [6.07, 6.45) is 3.35. The number of sulfonamides is 1. The van der Waals surface area contributed by atoms with E-state index in [2.05, 4.69) is 0 Å². The summed E-state index contributed by atoms with van der Waals surface area (Å²) in [5, 5.41) is 8.89. The molecule has 2 rings (SSSR count). The van der Waals surface area contributed by atoms with Crippen LogP contribution in [-0.4, -0.2) is 36.0 Å². The van der Waals surface area contributed by atoms with Gasteiger partial charge in [0.25, 0.3) is 0 Å². The van der Waals surface area contributed by atoms with Crippen LogP contribution in [0.3, 0.4) is 0 Å². The number of allylic oxidation sites excluding steroid dienone is 1. The third kappa shape index (κ3) is 3.26. The molecule has 1 fully saturated rings. The van der Waals surface area contributed by atoms with Crippen molar-refractivity contribution in [3.8, 4) is 0 Å². The third-order valence-corrected chi connectivity index (χ3v) is 6.54. The molecule has 0 radical (unpaired) electrons. The zero-order valence-electron chi connectivity index (χ0n) is 13.7. The van der Waals surface area contributed by atoms with Crippen LogP contribution in [0.2, 0.25) is 0 Å². The van der Waals surface area contributed by atoms with Crippen molar-refractivity contribution in [2.24, 2.45) is 0 Å². The van der Waals surface area contributed by atoms with Gasteiger partial charge in [-0.1, -0.05) is 29.3 Å². The van der Waals surface area contributed by atoms with E-state index in [0.29, 0.717) is 4.90 Å². The fraction of sp³-hybridized carbons (Fsp3) is 0.529. The zero-order chi connectivity index (χ0) is 16.5. The van der Waals surface area contributed by atoms with Crippen molar-refractivity contribution in [3.05, 3.63) is 41.5 Å². The van der Waals surface area contributed by atoms with Crippen molar-refractivity contribution in [2.75, 3.05) is 6.61 Å². The van der Waals surface area contributed by atoms with Gasteiger partial charge in [-0.2, -0.15) is 4.31 Å². The van der Waals surface area contributed by atoms with Gasteiger partial charge in [-0.05, 0) is 52.7 Å². The van der Waals surface area contributed by atoms with E-state index in [4.69, 9.17) is 5.11 Å². The Bertz CT molecular complexity index is 660. The molecule has 0 saturated carbocycles. The molecule has 1 aromatic carbocycles. The average molecular weight is 323 g/mol. The fourth-order valence-electron chi connectivity index (χ4n) is 2.92. The summed E-state index contributed by atoms with van der Waals surface area (Å²) in [7, 11) is -3.44. The quantitative estimate of drug-likeness (QED) is 0.647. The van der Waals surface area contributed by atoms with Gasteiger partial charge in [0.2, 0.25) is 10.0 Å². The van der Waals surface area contributed by atoms with Gasteiger partial charge in [0.15, 0.2) is 0 Å². The van der Waals surface area contributed by atoms with E-state index in [9.17, 15) is 8.42 Å². The number of aryl methyl sites for hydroxylation is 1. The number of hydrogen-bond acceptors (Lipinski definition) is 3. The summed E-state index contributed by atoms with van der Waals surface area (Å²) >= 11 is 0. The molecule has 0 amide bonds. The molecule has 5 heteroatoms. The van der Waals surface area contributed by atoms with E-state index in [1.807, 2.05) is 39.8 Å². The lowest BCUT2D eigenvalue weighted by atomic mass is 10.0. The molecular formula is C17H25NO3S. The standard InChI is InChI=1S/C17H25NO3S/c1-13-5-8-15(9-6-13)22(20,21)18-16(17(18,3)4)10-7-14(2)11-12-19/h5-6,8-9,11,16,19H,7,10,12H2,1-4H3/b14-11+/t16-,18?/m0/s1. The molecule has 22 heavy (non-hydrogen) atoms. The molecule has 1 N–H and O–H groups in total. The summed E-state index contributed by atoms with van der Waals surface area (Å²) in [5.74, 6) is 0. The van der Waals surface area contributed by atoms with Gasteiger partial charge >= 0.3 is 0 Å². The van der Waals surface area contributed by atoms with Crippen molar-refractivity contribution in [1.29, 1.82) is 0 Å². The second-order valence-electron chi connectivity index (χ2n) is 6.56. The first-order valence-corrected chi connectivity index (χ1v) is 9.03. The topological polar surface area (TPSA) is 57.4 Å².